The molecule has 0 saturated heterocycles. The topological polar surface area (TPSA) is 47.9 Å². The normalized spacial score (nSPS) is 15.0. The van der Waals surface area contributed by atoms with E-state index in [0.29, 0.717) is 0 Å². The highest BCUT2D eigenvalue weighted by Gasteiger charge is 1.86. The Morgan fingerprint density at radius 3 is 2.20 bits per heavy atom. The number of aliphatic hydroxyl groups is 1. The van der Waals surface area contributed by atoms with E-state index >= 15 is 0 Å². The van der Waals surface area contributed by atoms with Gasteiger partial charge in [-0.25, -0.2) is 0 Å². The molecule has 0 spiro atoms. The van der Waals surface area contributed by atoms with Gasteiger partial charge in [0.15, 0.2) is 0 Å². The van der Waals surface area contributed by atoms with Crippen molar-refractivity contribution in [1.82, 2.24) is 0 Å². The molecule has 0 aromatic rings. The van der Waals surface area contributed by atoms with Crippen molar-refractivity contribution < 1.29 is 10.8 Å². The van der Waals surface area contributed by atoms with Gasteiger partial charge in [0.1, 0.15) is 6.04 Å². The van der Waals surface area contributed by atoms with Crippen molar-refractivity contribution >= 4 is 0 Å². The Balaban J connectivity index is 2.54. The van der Waals surface area contributed by atoms with E-state index in [1.165, 1.54) is 0 Å². The highest BCUT2D eigenvalue weighted by molar-refractivity contribution is 4.31. The summed E-state index contributed by atoms with van der Waals surface area (Å²) in [6.45, 7) is 2.06. The van der Waals surface area contributed by atoms with Crippen LogP contribution >= 0.6 is 0 Å². The van der Waals surface area contributed by atoms with Gasteiger partial charge in [-0.3, -0.25) is 0 Å². The molecule has 0 aromatic heterocycles. The predicted molar refractivity (Wildman–Crippen MR) is 19.4 cm³/mol. The molecule has 0 radical (unpaired) electrons. The summed E-state index contributed by atoms with van der Waals surface area (Å²) in [5.74, 6) is 0. The maximum Gasteiger partial charge on any atom is 0.105 e. The molecule has 0 unspecified atom stereocenters. The summed E-state index contributed by atoms with van der Waals surface area (Å²) in [5, 5.41) is 8.08. The summed E-state index contributed by atoms with van der Waals surface area (Å²) in [4.78, 5) is 0. The zero-order chi connectivity index (χ0) is 4.28. The second kappa shape index (κ2) is 2.18. The molecule has 2 nitrogen and oxygen atoms in total. The minimum atomic E-state index is 0.190. The first-order valence-electron chi connectivity index (χ1n) is 1.71. The maximum absolute atomic E-state index is 8.08. The van der Waals surface area contributed by atoms with Crippen LogP contribution in [0.5, 0.6) is 0 Å². The number of aliphatic hydroxyl groups excluding tert-OH is 1. The second-order valence-electron chi connectivity index (χ2n) is 1.29. The summed E-state index contributed by atoms with van der Waals surface area (Å²) >= 11 is 0. The Hall–Kier alpha value is -0.0800. The molecule has 4 N–H and O–H groups in total. The van der Waals surface area contributed by atoms with E-state index in [1.54, 1.807) is 0 Å². The van der Waals surface area contributed by atoms with E-state index in [2.05, 4.69) is 5.73 Å². The van der Waals surface area contributed by atoms with Crippen molar-refractivity contribution in [3.8, 4) is 0 Å². The summed E-state index contributed by atoms with van der Waals surface area (Å²) in [7, 11) is 0. The van der Waals surface area contributed by atoms with Gasteiger partial charge in [-0.1, -0.05) is 0 Å². The molecule has 0 aromatic carbocycles. The second-order valence-corrected chi connectivity index (χ2v) is 1.29. The minimum absolute atomic E-state index is 0.190. The fourth-order valence-corrected chi connectivity index (χ4v) is 0. The van der Waals surface area contributed by atoms with Crippen LogP contribution in [0.1, 0.15) is 6.92 Å². The molecule has 0 aliphatic rings. The van der Waals surface area contributed by atoms with E-state index in [1.807, 2.05) is 6.92 Å². The van der Waals surface area contributed by atoms with Gasteiger partial charge < -0.3 is 10.8 Å². The van der Waals surface area contributed by atoms with Crippen molar-refractivity contribution in [1.29, 1.82) is 0 Å². The van der Waals surface area contributed by atoms with E-state index in [-0.39, 0.29) is 12.6 Å². The number of rotatable bonds is 1. The molecule has 0 heterocycles. The molecule has 0 bridgehead atoms. The van der Waals surface area contributed by atoms with Crippen molar-refractivity contribution in [3.63, 3.8) is 0 Å². The zero-order valence-corrected chi connectivity index (χ0v) is 3.44. The molecule has 0 aliphatic carbocycles. The molecule has 32 valence electrons. The Kier molecular flexibility index (Phi) is 2.14. The lowest BCUT2D eigenvalue weighted by Gasteiger charge is -1.87. The monoisotopic (exact) mass is 76.1 g/mol. The van der Waals surface area contributed by atoms with E-state index in [9.17, 15) is 0 Å². The van der Waals surface area contributed by atoms with Crippen LogP contribution in [0.3, 0.4) is 0 Å². The van der Waals surface area contributed by atoms with Gasteiger partial charge in [-0.2, -0.15) is 0 Å². The van der Waals surface area contributed by atoms with Gasteiger partial charge in [0.25, 0.3) is 0 Å². The quantitative estimate of drug-likeness (QED) is 0.397. The van der Waals surface area contributed by atoms with Crippen molar-refractivity contribution in [2.24, 2.45) is 0 Å². The largest absolute Gasteiger partial charge is 0.390 e. The molecule has 0 amide bonds. The first-order chi connectivity index (χ1) is 2.27. The lowest BCUT2D eigenvalue weighted by atomic mass is 10.4. The van der Waals surface area contributed by atoms with Gasteiger partial charge in [-0.15, -0.1) is 0 Å². The van der Waals surface area contributed by atoms with Crippen LogP contribution in [0.25, 0.3) is 0 Å². The van der Waals surface area contributed by atoms with Gasteiger partial charge >= 0.3 is 0 Å². The number of hydrogen-bond donors (Lipinski definition) is 2. The van der Waals surface area contributed by atoms with E-state index < -0.39 is 0 Å². The Morgan fingerprint density at radius 1 is 2.00 bits per heavy atom. The first-order valence-corrected chi connectivity index (χ1v) is 1.71. The van der Waals surface area contributed by atoms with Crippen LogP contribution in [0.4, 0.5) is 0 Å². The molecule has 0 saturated carbocycles. The van der Waals surface area contributed by atoms with Crippen molar-refractivity contribution in [3.05, 3.63) is 0 Å². The van der Waals surface area contributed by atoms with Crippen LogP contribution < -0.4 is 5.73 Å². The standard InChI is InChI=1S/C3H9NO/c1-3(4)2-5/h3,5H,2,4H2,1H3/p+1/t3-/m0/s1. The van der Waals surface area contributed by atoms with E-state index in [4.69, 9.17) is 5.11 Å². The van der Waals surface area contributed by atoms with Gasteiger partial charge in [0.2, 0.25) is 0 Å². The highest BCUT2D eigenvalue weighted by atomic mass is 16.3. The van der Waals surface area contributed by atoms with Crippen LogP contribution in [0.15, 0.2) is 0 Å². The Labute approximate surface area is 31.6 Å². The lowest BCUT2D eigenvalue weighted by Crippen LogP contribution is -2.60. The average molecular weight is 76.1 g/mol. The summed E-state index contributed by atoms with van der Waals surface area (Å²) in [6.07, 6.45) is 0. The molecule has 2 heteroatoms. The molecule has 5 heavy (non-hydrogen) atoms. The van der Waals surface area contributed by atoms with Crippen LogP contribution in [-0.4, -0.2) is 17.8 Å². The van der Waals surface area contributed by atoms with Crippen molar-refractivity contribution in [2.45, 2.75) is 13.0 Å². The molecule has 0 aliphatic heterocycles. The SMILES string of the molecule is C[C@H]([NH3+])CO. The molecular weight excluding hydrogens is 66.0 g/mol. The molecule has 1 atom stereocenters. The smallest absolute Gasteiger partial charge is 0.105 e. The van der Waals surface area contributed by atoms with Crippen LogP contribution in [0, 0.1) is 0 Å². The number of hydrogen-bond acceptors (Lipinski definition) is 1. The predicted octanol–water partition coefficient (Wildman–Crippen LogP) is -1.39. The maximum atomic E-state index is 8.08. The minimum Gasteiger partial charge on any atom is -0.390 e. The average Bonchev–Trinajstić information content (AvgIpc) is 1.38. The van der Waals surface area contributed by atoms with Gasteiger partial charge in [0, 0.05) is 0 Å². The third-order valence-electron chi connectivity index (χ3n) is 0.312. The Morgan fingerprint density at radius 2 is 2.20 bits per heavy atom. The third kappa shape index (κ3) is 3.92. The van der Waals surface area contributed by atoms with Gasteiger partial charge in [0.05, 0.1) is 6.61 Å². The summed E-state index contributed by atoms with van der Waals surface area (Å²) < 4.78 is 0. The highest BCUT2D eigenvalue weighted by Crippen LogP contribution is 1.58. The Bertz CT molecular complexity index is 20.9. The number of quaternary nitrogens is 1. The molecule has 0 rings (SSSR count). The third-order valence-corrected chi connectivity index (χ3v) is 0.312. The van der Waals surface area contributed by atoms with Crippen molar-refractivity contribution in [2.75, 3.05) is 6.61 Å². The van der Waals surface area contributed by atoms with Crippen LogP contribution in [0.2, 0.25) is 0 Å². The molecular formula is C3H10NO+. The summed E-state index contributed by atoms with van der Waals surface area (Å²) in [5.41, 5.74) is 3.51. The lowest BCUT2D eigenvalue weighted by molar-refractivity contribution is -0.419. The van der Waals surface area contributed by atoms with Crippen LogP contribution in [-0.2, 0) is 0 Å². The molecule has 0 fully saturated rings. The fraction of sp³-hybridized carbons (Fsp3) is 1.00. The van der Waals surface area contributed by atoms with Gasteiger partial charge in [-0.05, 0) is 6.92 Å². The van der Waals surface area contributed by atoms with E-state index in [0.717, 1.165) is 0 Å². The first kappa shape index (κ1) is 4.92. The summed E-state index contributed by atoms with van der Waals surface area (Å²) in [6, 6.07) is 0.190. The fourth-order valence-electron chi connectivity index (χ4n) is 0. The zero-order valence-electron chi connectivity index (χ0n) is 3.44.